The van der Waals surface area contributed by atoms with Crippen molar-refractivity contribution < 1.29 is 9.50 Å². The smallest absolute Gasteiger partial charge is 0.133 e. The summed E-state index contributed by atoms with van der Waals surface area (Å²) in [6.45, 7) is 3.96. The molecule has 0 aliphatic heterocycles. The molecule has 0 fully saturated rings. The number of halogens is 1. The van der Waals surface area contributed by atoms with E-state index in [0.717, 1.165) is 18.2 Å². The van der Waals surface area contributed by atoms with Gasteiger partial charge >= 0.3 is 0 Å². The van der Waals surface area contributed by atoms with Crippen LogP contribution in [0.25, 0.3) is 0 Å². The van der Waals surface area contributed by atoms with Gasteiger partial charge in [-0.3, -0.25) is 0 Å². The Kier molecular flexibility index (Phi) is 6.13. The largest absolute Gasteiger partial charge is 0.400 e. The maximum absolute atomic E-state index is 13.8. The lowest BCUT2D eigenvalue weighted by atomic mass is 9.94. The standard InChI is InChI=1S/C11H16FN.CH4O/c1-3-11(2,12)10-6-4-9(8-13)5-7-10;1-2/h4-7H,3,8,13H2,1-2H3;2H,1H3. The van der Waals surface area contributed by atoms with E-state index < -0.39 is 5.67 Å². The molecule has 0 saturated heterocycles. The lowest BCUT2D eigenvalue weighted by molar-refractivity contribution is 0.185. The van der Waals surface area contributed by atoms with Gasteiger partial charge in [-0.1, -0.05) is 31.2 Å². The predicted octanol–water partition coefficient (Wildman–Crippen LogP) is 2.35. The molecule has 0 bridgehead atoms. The average molecular weight is 213 g/mol. The van der Waals surface area contributed by atoms with Crippen molar-refractivity contribution in [2.24, 2.45) is 5.73 Å². The van der Waals surface area contributed by atoms with E-state index in [-0.39, 0.29) is 0 Å². The first-order valence-electron chi connectivity index (χ1n) is 5.03. The number of benzene rings is 1. The van der Waals surface area contributed by atoms with E-state index in [1.54, 1.807) is 6.92 Å². The second-order valence-corrected chi connectivity index (χ2v) is 3.45. The van der Waals surface area contributed by atoms with Gasteiger partial charge in [-0.25, -0.2) is 4.39 Å². The number of alkyl halides is 1. The first-order valence-corrected chi connectivity index (χ1v) is 5.03. The first-order chi connectivity index (χ1) is 7.10. The van der Waals surface area contributed by atoms with Crippen LogP contribution in [0.15, 0.2) is 24.3 Å². The fourth-order valence-electron chi connectivity index (χ4n) is 1.19. The van der Waals surface area contributed by atoms with E-state index in [1.807, 2.05) is 31.2 Å². The second-order valence-electron chi connectivity index (χ2n) is 3.45. The van der Waals surface area contributed by atoms with Gasteiger partial charge in [0, 0.05) is 13.7 Å². The van der Waals surface area contributed by atoms with Crippen molar-refractivity contribution in [3.05, 3.63) is 35.4 Å². The summed E-state index contributed by atoms with van der Waals surface area (Å²) in [5.41, 5.74) is 6.00. The average Bonchev–Trinajstić information content (AvgIpc) is 2.32. The van der Waals surface area contributed by atoms with Crippen molar-refractivity contribution in [3.63, 3.8) is 0 Å². The number of rotatable bonds is 3. The summed E-state index contributed by atoms with van der Waals surface area (Å²) in [6.07, 6.45) is 0.495. The minimum atomic E-state index is -1.22. The lowest BCUT2D eigenvalue weighted by Gasteiger charge is -2.18. The van der Waals surface area contributed by atoms with Crippen LogP contribution >= 0.6 is 0 Å². The van der Waals surface area contributed by atoms with Crippen molar-refractivity contribution in [2.75, 3.05) is 7.11 Å². The highest BCUT2D eigenvalue weighted by Gasteiger charge is 2.22. The van der Waals surface area contributed by atoms with Gasteiger partial charge < -0.3 is 10.8 Å². The summed E-state index contributed by atoms with van der Waals surface area (Å²) in [7, 11) is 1.00. The summed E-state index contributed by atoms with van der Waals surface area (Å²) in [4.78, 5) is 0. The lowest BCUT2D eigenvalue weighted by Crippen LogP contribution is -2.13. The SMILES string of the molecule is CCC(C)(F)c1ccc(CN)cc1.CO. The van der Waals surface area contributed by atoms with Gasteiger partial charge in [-0.05, 0) is 24.5 Å². The molecule has 3 N–H and O–H groups in total. The molecule has 0 amide bonds. The second kappa shape index (κ2) is 6.53. The fraction of sp³-hybridized carbons (Fsp3) is 0.500. The molecular formula is C12H20FNO. The molecule has 1 unspecified atom stereocenters. The molecule has 1 aromatic carbocycles. The quantitative estimate of drug-likeness (QED) is 0.809. The number of nitrogens with two attached hydrogens (primary N) is 1. The molecule has 1 rings (SSSR count). The van der Waals surface area contributed by atoms with E-state index in [1.165, 1.54) is 0 Å². The Morgan fingerprint density at radius 2 is 1.73 bits per heavy atom. The molecule has 0 saturated carbocycles. The van der Waals surface area contributed by atoms with Crippen LogP contribution in [0.5, 0.6) is 0 Å². The van der Waals surface area contributed by atoms with Crippen LogP contribution in [0.4, 0.5) is 4.39 Å². The van der Waals surface area contributed by atoms with Crippen molar-refractivity contribution in [2.45, 2.75) is 32.5 Å². The van der Waals surface area contributed by atoms with Crippen molar-refractivity contribution in [1.29, 1.82) is 0 Å². The molecular weight excluding hydrogens is 193 g/mol. The highest BCUT2D eigenvalue weighted by Crippen LogP contribution is 2.28. The van der Waals surface area contributed by atoms with Gasteiger partial charge in [0.25, 0.3) is 0 Å². The van der Waals surface area contributed by atoms with E-state index in [0.29, 0.717) is 13.0 Å². The summed E-state index contributed by atoms with van der Waals surface area (Å²) in [6, 6.07) is 7.38. The summed E-state index contributed by atoms with van der Waals surface area (Å²) in [5, 5.41) is 7.00. The zero-order valence-corrected chi connectivity index (χ0v) is 9.63. The van der Waals surface area contributed by atoms with Crippen LogP contribution in [0.3, 0.4) is 0 Å². The Labute approximate surface area is 90.9 Å². The van der Waals surface area contributed by atoms with E-state index in [4.69, 9.17) is 10.8 Å². The Balaban J connectivity index is 0.000000921. The minimum Gasteiger partial charge on any atom is -0.400 e. The number of hydrogen-bond acceptors (Lipinski definition) is 2. The summed E-state index contributed by atoms with van der Waals surface area (Å²) < 4.78 is 13.8. The number of aliphatic hydroxyl groups is 1. The molecule has 0 aliphatic rings. The molecule has 2 nitrogen and oxygen atoms in total. The Bertz CT molecular complexity index is 269. The minimum absolute atomic E-state index is 0.495. The fourth-order valence-corrected chi connectivity index (χ4v) is 1.19. The van der Waals surface area contributed by atoms with Crippen LogP contribution in [0.2, 0.25) is 0 Å². The highest BCUT2D eigenvalue weighted by molar-refractivity contribution is 5.26. The topological polar surface area (TPSA) is 46.2 Å². The first kappa shape index (κ1) is 14.1. The molecule has 1 atom stereocenters. The third kappa shape index (κ3) is 3.98. The molecule has 15 heavy (non-hydrogen) atoms. The Morgan fingerprint density at radius 3 is 2.07 bits per heavy atom. The molecule has 0 aromatic heterocycles. The van der Waals surface area contributed by atoms with Crippen LogP contribution in [-0.2, 0) is 12.2 Å². The predicted molar refractivity (Wildman–Crippen MR) is 61.2 cm³/mol. The summed E-state index contributed by atoms with van der Waals surface area (Å²) in [5.74, 6) is 0. The van der Waals surface area contributed by atoms with Crippen LogP contribution in [0, 0.1) is 0 Å². The van der Waals surface area contributed by atoms with Crippen LogP contribution in [-0.4, -0.2) is 12.2 Å². The summed E-state index contributed by atoms with van der Waals surface area (Å²) >= 11 is 0. The van der Waals surface area contributed by atoms with Gasteiger partial charge in [-0.15, -0.1) is 0 Å². The molecule has 0 radical (unpaired) electrons. The maximum atomic E-state index is 13.8. The monoisotopic (exact) mass is 213 g/mol. The zero-order chi connectivity index (χ0) is 11.9. The van der Waals surface area contributed by atoms with Crippen LogP contribution < -0.4 is 5.73 Å². The zero-order valence-electron chi connectivity index (χ0n) is 9.63. The normalized spacial score (nSPS) is 13.7. The van der Waals surface area contributed by atoms with E-state index in [2.05, 4.69) is 0 Å². The molecule has 86 valence electrons. The molecule has 3 heteroatoms. The third-order valence-corrected chi connectivity index (χ3v) is 2.46. The van der Waals surface area contributed by atoms with Gasteiger partial charge in [0.2, 0.25) is 0 Å². The molecule has 0 spiro atoms. The van der Waals surface area contributed by atoms with Crippen molar-refractivity contribution in [1.82, 2.24) is 0 Å². The third-order valence-electron chi connectivity index (χ3n) is 2.46. The Morgan fingerprint density at radius 1 is 1.27 bits per heavy atom. The van der Waals surface area contributed by atoms with Crippen molar-refractivity contribution >= 4 is 0 Å². The van der Waals surface area contributed by atoms with E-state index in [9.17, 15) is 4.39 Å². The number of hydrogen-bond donors (Lipinski definition) is 2. The van der Waals surface area contributed by atoms with Gasteiger partial charge in [0.05, 0.1) is 0 Å². The number of aliphatic hydroxyl groups excluding tert-OH is 1. The molecule has 0 heterocycles. The van der Waals surface area contributed by atoms with Crippen molar-refractivity contribution in [3.8, 4) is 0 Å². The van der Waals surface area contributed by atoms with Gasteiger partial charge in [0.15, 0.2) is 0 Å². The molecule has 0 aliphatic carbocycles. The van der Waals surface area contributed by atoms with Gasteiger partial charge in [-0.2, -0.15) is 0 Å². The van der Waals surface area contributed by atoms with Gasteiger partial charge in [0.1, 0.15) is 5.67 Å². The maximum Gasteiger partial charge on any atom is 0.133 e. The highest BCUT2D eigenvalue weighted by atomic mass is 19.1. The van der Waals surface area contributed by atoms with E-state index >= 15 is 0 Å². The van der Waals surface area contributed by atoms with Crippen LogP contribution in [0.1, 0.15) is 31.4 Å². The molecule has 1 aromatic rings. The Hall–Kier alpha value is -0.930.